The van der Waals surface area contributed by atoms with Crippen molar-refractivity contribution in [3.8, 4) is 10.6 Å². The number of methoxy groups -OCH3 is 1. The Morgan fingerprint density at radius 2 is 1.50 bits per heavy atom. The molecule has 2 aromatic heterocycles. The smallest absolute Gasteiger partial charge is 0.294 e. The molecular formula is C25H22NO4S2+. The standard InChI is InChI=1S/C25H22NO4S2/c1-25(2,3)14-5-10-21-19(11-14)31-20-12-17-18(24(28)26(29)23(17)27)13-22(20)32(21)16-8-6-15(30-4)7-9-16/h5-13,29H,1-4H3/q+1. The van der Waals surface area contributed by atoms with Gasteiger partial charge in [0.05, 0.1) is 27.3 Å². The van der Waals surface area contributed by atoms with E-state index in [2.05, 4.69) is 39.0 Å². The van der Waals surface area contributed by atoms with Crippen molar-refractivity contribution < 1.29 is 9.94 Å². The third-order valence-electron chi connectivity index (χ3n) is 5.69. The van der Waals surface area contributed by atoms with E-state index in [0.717, 1.165) is 24.7 Å². The maximum absolute atomic E-state index is 12.5. The van der Waals surface area contributed by atoms with Crippen LogP contribution in [0.5, 0.6) is 5.75 Å². The van der Waals surface area contributed by atoms with E-state index < -0.39 is 21.6 Å². The lowest BCUT2D eigenvalue weighted by Gasteiger charge is -2.19. The first kappa shape index (κ1) is 20.7. The number of hydrogen-bond acceptors (Lipinski definition) is 5. The van der Waals surface area contributed by atoms with E-state index in [9.17, 15) is 14.8 Å². The summed E-state index contributed by atoms with van der Waals surface area (Å²) in [4.78, 5) is 25.9. The third kappa shape index (κ3) is 3.12. The minimum absolute atomic E-state index is 0.00625. The summed E-state index contributed by atoms with van der Waals surface area (Å²) in [7, 11) is 1.17. The molecule has 2 heterocycles. The fourth-order valence-corrected chi connectivity index (χ4v) is 7.69. The number of rotatable bonds is 2. The molecule has 0 aliphatic heterocycles. The Bertz CT molecular complexity index is 1630. The highest BCUT2D eigenvalue weighted by Gasteiger charge is 2.25. The third-order valence-corrected chi connectivity index (χ3v) is 9.38. The van der Waals surface area contributed by atoms with E-state index in [-0.39, 0.29) is 20.9 Å². The summed E-state index contributed by atoms with van der Waals surface area (Å²) in [6.07, 6.45) is 0. The summed E-state index contributed by atoms with van der Waals surface area (Å²) >= 11 is 1.61. The number of hydrogen-bond donors (Lipinski definition) is 1. The van der Waals surface area contributed by atoms with Gasteiger partial charge >= 0.3 is 0 Å². The average molecular weight is 465 g/mol. The second-order valence-electron chi connectivity index (χ2n) is 8.76. The molecule has 32 heavy (non-hydrogen) atoms. The van der Waals surface area contributed by atoms with E-state index in [0.29, 0.717) is 0 Å². The Labute approximate surface area is 190 Å². The normalized spacial score (nSPS) is 12.7. The van der Waals surface area contributed by atoms with Crippen LogP contribution in [0.4, 0.5) is 0 Å². The molecule has 0 radical (unpaired) electrons. The number of aromatic nitrogens is 1. The Hall–Kier alpha value is -3.16. The molecule has 162 valence electrons. The van der Waals surface area contributed by atoms with Crippen LogP contribution < -0.4 is 15.9 Å². The maximum Gasteiger partial charge on any atom is 0.294 e. The zero-order valence-electron chi connectivity index (χ0n) is 18.1. The van der Waals surface area contributed by atoms with Crippen LogP contribution in [0.25, 0.3) is 34.5 Å². The van der Waals surface area contributed by atoms with Gasteiger partial charge in [-0.05, 0) is 35.2 Å². The largest absolute Gasteiger partial charge is 0.497 e. The molecule has 1 N–H and O–H groups in total. The fourth-order valence-electron chi connectivity index (χ4n) is 3.90. The van der Waals surface area contributed by atoms with Gasteiger partial charge < -0.3 is 9.94 Å². The maximum atomic E-state index is 12.5. The number of ether oxygens (including phenoxy) is 1. The SMILES string of the molecule is COc1ccc(-[s+]2c3ccc(C(C)(C)C)cc3sc3cc4c(=O)n(O)c(=O)c4cc32)cc1. The minimum Gasteiger partial charge on any atom is -0.497 e. The van der Waals surface area contributed by atoms with Gasteiger partial charge in [-0.3, -0.25) is 9.59 Å². The van der Waals surface area contributed by atoms with Gasteiger partial charge in [0, 0.05) is 34.7 Å². The molecule has 5 aromatic rings. The second kappa shape index (κ2) is 7.18. The van der Waals surface area contributed by atoms with Gasteiger partial charge in [0.15, 0.2) is 14.3 Å². The van der Waals surface area contributed by atoms with Crippen molar-refractivity contribution in [2.24, 2.45) is 0 Å². The molecular weight excluding hydrogens is 442 g/mol. The predicted octanol–water partition coefficient (Wildman–Crippen LogP) is 6.01. The van der Waals surface area contributed by atoms with Crippen molar-refractivity contribution in [3.63, 3.8) is 0 Å². The van der Waals surface area contributed by atoms with Crippen molar-refractivity contribution in [3.05, 3.63) is 80.9 Å². The van der Waals surface area contributed by atoms with Gasteiger partial charge in [-0.1, -0.05) is 26.8 Å². The van der Waals surface area contributed by atoms with Crippen LogP contribution in [0.2, 0.25) is 0 Å². The van der Waals surface area contributed by atoms with Gasteiger partial charge in [-0.15, -0.1) is 16.1 Å². The van der Waals surface area contributed by atoms with Crippen molar-refractivity contribution in [1.29, 1.82) is 0 Å². The van der Waals surface area contributed by atoms with Crippen LogP contribution >= 0.6 is 21.8 Å². The lowest BCUT2D eigenvalue weighted by atomic mass is 9.87. The van der Waals surface area contributed by atoms with E-state index in [1.807, 2.05) is 24.3 Å². The minimum atomic E-state index is -0.676. The molecule has 5 nitrogen and oxygen atoms in total. The molecule has 0 fully saturated rings. The second-order valence-corrected chi connectivity index (χ2v) is 11.8. The summed E-state index contributed by atoms with van der Waals surface area (Å²) < 4.78 is 9.76. The van der Waals surface area contributed by atoms with Crippen LogP contribution in [-0.2, 0) is 5.41 Å². The lowest BCUT2D eigenvalue weighted by Crippen LogP contribution is -2.22. The topological polar surface area (TPSA) is 68.5 Å². The first-order chi connectivity index (χ1) is 15.2. The van der Waals surface area contributed by atoms with Crippen LogP contribution in [0, 0.1) is 0 Å². The molecule has 0 aliphatic carbocycles. The highest BCUT2D eigenvalue weighted by molar-refractivity contribution is 7.53. The van der Waals surface area contributed by atoms with Crippen molar-refractivity contribution >= 4 is 51.4 Å². The lowest BCUT2D eigenvalue weighted by molar-refractivity contribution is 0.171. The fraction of sp³-hybridized carbons (Fsp3) is 0.200. The van der Waals surface area contributed by atoms with Crippen LogP contribution in [-0.4, -0.2) is 17.0 Å². The highest BCUT2D eigenvalue weighted by Crippen LogP contribution is 2.48. The summed E-state index contributed by atoms with van der Waals surface area (Å²) in [6.45, 7) is 6.56. The Kier molecular flexibility index (Phi) is 4.65. The predicted molar refractivity (Wildman–Crippen MR) is 134 cm³/mol. The molecule has 7 heteroatoms. The monoisotopic (exact) mass is 464 g/mol. The Morgan fingerprint density at radius 3 is 2.12 bits per heavy atom. The van der Waals surface area contributed by atoms with Crippen LogP contribution in [0.15, 0.2) is 64.2 Å². The molecule has 1 unspecified atom stereocenters. The first-order valence-electron chi connectivity index (χ1n) is 10.2. The van der Waals surface area contributed by atoms with Gasteiger partial charge in [-0.2, -0.15) is 0 Å². The zero-order chi connectivity index (χ0) is 22.8. The van der Waals surface area contributed by atoms with Gasteiger partial charge in [-0.25, -0.2) is 0 Å². The molecule has 0 spiro atoms. The molecule has 5 rings (SSSR count). The first-order valence-corrected chi connectivity index (χ1v) is 12.2. The van der Waals surface area contributed by atoms with Gasteiger partial charge in [0.1, 0.15) is 5.75 Å². The molecule has 0 saturated heterocycles. The zero-order valence-corrected chi connectivity index (χ0v) is 19.8. The Morgan fingerprint density at radius 1 is 0.875 bits per heavy atom. The van der Waals surface area contributed by atoms with Crippen LogP contribution in [0.3, 0.4) is 0 Å². The molecule has 0 saturated carbocycles. The van der Waals surface area contributed by atoms with Crippen molar-refractivity contribution in [1.82, 2.24) is 4.73 Å². The summed E-state index contributed by atoms with van der Waals surface area (Å²) in [6, 6.07) is 18.1. The number of nitrogens with zero attached hydrogens (tertiary/aromatic N) is 1. The van der Waals surface area contributed by atoms with E-state index in [1.54, 1.807) is 30.6 Å². The Balaban J connectivity index is 1.96. The summed E-state index contributed by atoms with van der Waals surface area (Å²) in [5.41, 5.74) is -0.108. The molecule has 0 bridgehead atoms. The van der Waals surface area contributed by atoms with Crippen molar-refractivity contribution in [2.45, 2.75) is 26.2 Å². The number of fused-ring (bicyclic) bond motifs is 3. The van der Waals surface area contributed by atoms with Gasteiger partial charge in [0.25, 0.3) is 11.1 Å². The average Bonchev–Trinajstić information content (AvgIpc) is 2.98. The molecule has 0 aliphatic rings. The molecule has 0 amide bonds. The van der Waals surface area contributed by atoms with Crippen LogP contribution in [0.1, 0.15) is 26.3 Å². The van der Waals surface area contributed by atoms with E-state index in [4.69, 9.17) is 4.74 Å². The van der Waals surface area contributed by atoms with E-state index >= 15 is 0 Å². The number of benzene rings is 3. The highest BCUT2D eigenvalue weighted by atomic mass is 32.2. The van der Waals surface area contributed by atoms with E-state index in [1.165, 1.54) is 10.3 Å². The summed E-state index contributed by atoms with van der Waals surface area (Å²) in [5, 5.41) is 10.4. The molecule has 1 atom stereocenters. The molecule has 3 aromatic carbocycles. The van der Waals surface area contributed by atoms with Gasteiger partial charge in [0.2, 0.25) is 0 Å². The summed E-state index contributed by atoms with van der Waals surface area (Å²) in [5.74, 6) is 0.776. The van der Waals surface area contributed by atoms with Crippen molar-refractivity contribution in [2.75, 3.05) is 7.11 Å². The quantitative estimate of drug-likeness (QED) is 0.197.